The zero-order chi connectivity index (χ0) is 21.5. The molecule has 0 aromatic heterocycles. The lowest BCUT2D eigenvalue weighted by Crippen LogP contribution is -2.30. The van der Waals surface area contributed by atoms with Gasteiger partial charge in [0.1, 0.15) is 13.2 Å². The molecule has 4 atom stereocenters. The summed E-state index contributed by atoms with van der Waals surface area (Å²) in [7, 11) is 0. The summed E-state index contributed by atoms with van der Waals surface area (Å²) < 4.78 is 11.6. The number of nitrogens with one attached hydrogen (secondary N) is 1. The van der Waals surface area contributed by atoms with Gasteiger partial charge in [0, 0.05) is 0 Å². The fourth-order valence-electron chi connectivity index (χ4n) is 4.37. The minimum Gasteiger partial charge on any atom is -0.463 e. The molecule has 0 radical (unpaired) electrons. The van der Waals surface area contributed by atoms with Crippen molar-refractivity contribution in [1.29, 1.82) is 0 Å². The van der Waals surface area contributed by atoms with Gasteiger partial charge in [-0.3, -0.25) is 5.32 Å². The minimum absolute atomic E-state index is 0.136. The summed E-state index contributed by atoms with van der Waals surface area (Å²) in [4.78, 5) is 9.45. The lowest BCUT2D eigenvalue weighted by Gasteiger charge is -2.17. The Balaban J connectivity index is 1.31. The van der Waals surface area contributed by atoms with Crippen LogP contribution in [0.1, 0.15) is 62.5 Å². The Morgan fingerprint density at radius 2 is 1.48 bits per heavy atom. The fourth-order valence-corrected chi connectivity index (χ4v) is 4.37. The molecule has 2 aliphatic heterocycles. The quantitative estimate of drug-likeness (QED) is 0.668. The van der Waals surface area contributed by atoms with E-state index in [1.807, 2.05) is 12.1 Å². The third-order valence-corrected chi connectivity index (χ3v) is 6.16. The second-order valence-corrected chi connectivity index (χ2v) is 8.28. The molecule has 0 fully saturated rings. The van der Waals surface area contributed by atoms with Crippen molar-refractivity contribution < 1.29 is 9.47 Å². The van der Waals surface area contributed by atoms with Crippen LogP contribution in [0.3, 0.4) is 0 Å². The molecule has 162 valence electrons. The van der Waals surface area contributed by atoms with Gasteiger partial charge in [-0.25, -0.2) is 9.98 Å². The molecule has 31 heavy (non-hydrogen) atoms. The first-order valence-corrected chi connectivity index (χ1v) is 11.4. The highest BCUT2D eigenvalue weighted by molar-refractivity contribution is 5.94. The average Bonchev–Trinajstić information content (AvgIpc) is 3.46. The van der Waals surface area contributed by atoms with E-state index in [-0.39, 0.29) is 12.1 Å². The van der Waals surface area contributed by atoms with Crippen LogP contribution in [0.15, 0.2) is 58.5 Å². The minimum atomic E-state index is 0.136. The van der Waals surface area contributed by atoms with Crippen molar-refractivity contribution in [1.82, 2.24) is 5.32 Å². The van der Waals surface area contributed by atoms with Crippen LogP contribution in [-0.4, -0.2) is 37.3 Å². The van der Waals surface area contributed by atoms with Gasteiger partial charge in [-0.1, -0.05) is 56.3 Å². The summed E-state index contributed by atoms with van der Waals surface area (Å²) >= 11 is 0. The predicted octanol–water partition coefficient (Wildman–Crippen LogP) is 4.85. The molecule has 0 amide bonds. The number of rotatable bonds is 8. The number of ether oxygens (including phenoxy) is 2. The predicted molar refractivity (Wildman–Crippen MR) is 123 cm³/mol. The molecule has 1 N–H and O–H groups in total. The highest BCUT2D eigenvalue weighted by Crippen LogP contribution is 2.28. The topological polar surface area (TPSA) is 55.2 Å². The van der Waals surface area contributed by atoms with Crippen molar-refractivity contribution in [3.8, 4) is 0 Å². The van der Waals surface area contributed by atoms with Crippen molar-refractivity contribution in [2.75, 3.05) is 13.2 Å². The molecule has 2 unspecified atom stereocenters. The van der Waals surface area contributed by atoms with E-state index in [1.54, 1.807) is 0 Å². The molecular formula is C26H31N3O2. The van der Waals surface area contributed by atoms with Crippen LogP contribution in [0.5, 0.6) is 0 Å². The molecule has 0 bridgehead atoms. The zero-order valence-corrected chi connectivity index (χ0v) is 18.4. The van der Waals surface area contributed by atoms with Crippen LogP contribution in [0.2, 0.25) is 0 Å². The second-order valence-electron chi connectivity index (χ2n) is 8.28. The first-order valence-electron chi connectivity index (χ1n) is 11.4. The van der Waals surface area contributed by atoms with Gasteiger partial charge in [0.2, 0.25) is 0 Å². The zero-order valence-electron chi connectivity index (χ0n) is 18.4. The Kier molecular flexibility index (Phi) is 7.09. The molecule has 2 aliphatic rings. The largest absolute Gasteiger partial charge is 0.463 e. The first-order chi connectivity index (χ1) is 15.2. The number of nitrogens with zero attached hydrogens (tertiary/aromatic N) is 2. The van der Waals surface area contributed by atoms with Crippen LogP contribution in [0.25, 0.3) is 0 Å². The van der Waals surface area contributed by atoms with E-state index in [2.05, 4.69) is 67.7 Å². The monoisotopic (exact) mass is 417 g/mol. The van der Waals surface area contributed by atoms with E-state index in [0.29, 0.717) is 37.1 Å². The molecular weight excluding hydrogens is 386 g/mol. The molecule has 2 aromatic carbocycles. The maximum Gasteiger partial charge on any atom is 0.293 e. The van der Waals surface area contributed by atoms with E-state index < -0.39 is 0 Å². The van der Waals surface area contributed by atoms with E-state index in [0.717, 1.165) is 25.7 Å². The summed E-state index contributed by atoms with van der Waals surface area (Å²) in [5.74, 6) is 0.928. The van der Waals surface area contributed by atoms with Crippen LogP contribution in [0, 0.1) is 12.1 Å². The van der Waals surface area contributed by atoms with Gasteiger partial charge < -0.3 is 9.47 Å². The number of aliphatic imine (C=N–C) groups is 2. The normalized spacial score (nSPS) is 21.9. The van der Waals surface area contributed by atoms with E-state index in [4.69, 9.17) is 19.5 Å². The highest BCUT2D eigenvalue weighted by atomic mass is 16.5. The van der Waals surface area contributed by atoms with Crippen molar-refractivity contribution in [3.63, 3.8) is 0 Å². The molecule has 5 heteroatoms. The Morgan fingerprint density at radius 1 is 0.871 bits per heavy atom. The van der Waals surface area contributed by atoms with Crippen molar-refractivity contribution in [3.05, 3.63) is 71.8 Å². The van der Waals surface area contributed by atoms with Gasteiger partial charge in [0.05, 0.1) is 12.1 Å². The number of amidine groups is 2. The van der Waals surface area contributed by atoms with E-state index >= 15 is 0 Å². The average molecular weight is 418 g/mol. The van der Waals surface area contributed by atoms with Crippen molar-refractivity contribution in [2.24, 2.45) is 9.98 Å². The van der Waals surface area contributed by atoms with E-state index in [1.165, 1.54) is 11.1 Å². The van der Waals surface area contributed by atoms with Crippen LogP contribution in [-0.2, 0) is 9.47 Å². The van der Waals surface area contributed by atoms with Crippen LogP contribution in [0.4, 0.5) is 0 Å². The third-order valence-electron chi connectivity index (χ3n) is 6.16. The summed E-state index contributed by atoms with van der Waals surface area (Å²) in [5, 5.41) is 3.14. The Hall–Kier alpha value is -3.00. The van der Waals surface area contributed by atoms with Gasteiger partial charge in [0.25, 0.3) is 12.0 Å². The Labute approximate surface area is 185 Å². The maximum atomic E-state index is 5.79. The molecule has 0 saturated heterocycles. The van der Waals surface area contributed by atoms with E-state index in [9.17, 15) is 0 Å². The highest BCUT2D eigenvalue weighted by Gasteiger charge is 2.27. The number of benzene rings is 1. The first kappa shape index (κ1) is 21.2. The smallest absolute Gasteiger partial charge is 0.293 e. The molecule has 0 saturated carbocycles. The van der Waals surface area contributed by atoms with Crippen molar-refractivity contribution >= 4 is 12.0 Å². The van der Waals surface area contributed by atoms with Crippen LogP contribution >= 0.6 is 0 Å². The third kappa shape index (κ3) is 5.58. The SMILES string of the molecule is CCC(C[C@H]1COC(NC2=N[C@@H](CC(CC)c3ccccc3)CO2)=N1)c1cc#ccc1. The summed E-state index contributed by atoms with van der Waals surface area (Å²) in [5.41, 5.74) is 2.65. The lowest BCUT2D eigenvalue weighted by atomic mass is 9.90. The van der Waals surface area contributed by atoms with Gasteiger partial charge in [-0.2, -0.15) is 0 Å². The molecule has 0 aliphatic carbocycles. The summed E-state index contributed by atoms with van der Waals surface area (Å²) in [6.07, 6.45) is 4.08. The molecule has 4 rings (SSSR count). The fraction of sp³-hybridized carbons (Fsp3) is 0.462. The van der Waals surface area contributed by atoms with Gasteiger partial charge in [-0.05, 0) is 66.8 Å². The van der Waals surface area contributed by atoms with Gasteiger partial charge in [0.15, 0.2) is 0 Å². The van der Waals surface area contributed by atoms with Gasteiger partial charge in [-0.15, -0.1) is 0 Å². The lowest BCUT2D eigenvalue weighted by molar-refractivity contribution is 0.282. The Morgan fingerprint density at radius 3 is 2.03 bits per heavy atom. The standard InChI is InChI=1S/C26H31N3O2/c1-3-19(21-11-7-5-8-12-21)15-23-17-30-25(27-23)29-26-28-24(18-31-26)16-20(4-2)22-13-9-6-10-14-22/h5,7-9,11-14,19-20,23-24H,3-4,15-18H2,1-2H3,(H,27,28,29)/t19?,20?,23-,24-/m0/s1. The summed E-state index contributed by atoms with van der Waals surface area (Å²) in [6.45, 7) is 5.62. The second kappa shape index (κ2) is 10.3. The summed E-state index contributed by atoms with van der Waals surface area (Å²) in [6, 6.07) is 24.1. The number of hydrogen-bond donors (Lipinski definition) is 1. The molecule has 5 nitrogen and oxygen atoms in total. The Bertz CT molecular complexity index is 809. The molecule has 2 heterocycles. The van der Waals surface area contributed by atoms with Crippen molar-refractivity contribution in [2.45, 2.75) is 63.5 Å². The molecule has 2 aromatic rings. The number of hydrogen-bond acceptors (Lipinski definition) is 5. The maximum absolute atomic E-state index is 5.79. The van der Waals surface area contributed by atoms with Gasteiger partial charge >= 0.3 is 0 Å². The molecule has 0 spiro atoms. The van der Waals surface area contributed by atoms with Crippen LogP contribution < -0.4 is 5.32 Å².